The second-order valence-electron chi connectivity index (χ2n) is 6.69. The maximum absolute atomic E-state index is 12.9. The number of methoxy groups -OCH3 is 4. The molecule has 1 heterocycles. The van der Waals surface area contributed by atoms with Gasteiger partial charge in [0.1, 0.15) is 0 Å². The van der Waals surface area contributed by atoms with Crippen LogP contribution in [-0.4, -0.2) is 66.6 Å². The zero-order chi connectivity index (χ0) is 22.4. The van der Waals surface area contributed by atoms with Gasteiger partial charge in [-0.1, -0.05) is 0 Å². The predicted molar refractivity (Wildman–Crippen MR) is 115 cm³/mol. The van der Waals surface area contributed by atoms with Crippen molar-refractivity contribution in [3.8, 4) is 17.2 Å². The number of ether oxygens (including phenoxy) is 5. The number of hydrogen-bond acceptors (Lipinski definition) is 8. The molecule has 0 atom stereocenters. The van der Waals surface area contributed by atoms with E-state index in [1.165, 1.54) is 28.4 Å². The van der Waals surface area contributed by atoms with Gasteiger partial charge >= 0.3 is 5.97 Å². The smallest absolute Gasteiger partial charge is 0.340 e. The van der Waals surface area contributed by atoms with Crippen LogP contribution in [-0.2, 0) is 9.47 Å². The van der Waals surface area contributed by atoms with Crippen LogP contribution >= 0.6 is 0 Å². The standard InChI is InChI=1S/C22H26N2O7/c1-27-18-11-14(12-19(28-2)20(18)29-3)21(25)23-15-5-6-17(16(13-15)22(26)30-4)24-7-9-31-10-8-24/h5-6,11-13H,7-10H2,1-4H3,(H,23,25). The predicted octanol–water partition coefficient (Wildman–Crippen LogP) is 2.59. The lowest BCUT2D eigenvalue weighted by molar-refractivity contribution is 0.0600. The van der Waals surface area contributed by atoms with Crippen molar-refractivity contribution in [2.45, 2.75) is 0 Å². The van der Waals surface area contributed by atoms with Crippen LogP contribution in [0, 0.1) is 0 Å². The number of nitrogens with one attached hydrogen (secondary N) is 1. The van der Waals surface area contributed by atoms with Crippen molar-refractivity contribution in [3.05, 3.63) is 41.5 Å². The molecule has 0 aromatic heterocycles. The molecule has 9 nitrogen and oxygen atoms in total. The minimum atomic E-state index is -0.481. The third-order valence-electron chi connectivity index (χ3n) is 4.94. The van der Waals surface area contributed by atoms with E-state index in [0.717, 1.165) is 5.69 Å². The van der Waals surface area contributed by atoms with E-state index in [1.807, 2.05) is 0 Å². The van der Waals surface area contributed by atoms with Gasteiger partial charge in [0.15, 0.2) is 11.5 Å². The molecule has 0 spiro atoms. The monoisotopic (exact) mass is 430 g/mol. The van der Waals surface area contributed by atoms with Gasteiger partial charge in [0.05, 0.1) is 52.9 Å². The SMILES string of the molecule is COC(=O)c1cc(NC(=O)c2cc(OC)c(OC)c(OC)c2)ccc1N1CCOCC1. The largest absolute Gasteiger partial charge is 0.493 e. The molecule has 166 valence electrons. The van der Waals surface area contributed by atoms with E-state index in [1.54, 1.807) is 30.3 Å². The van der Waals surface area contributed by atoms with Crippen molar-refractivity contribution < 1.29 is 33.3 Å². The van der Waals surface area contributed by atoms with Crippen LogP contribution in [0.3, 0.4) is 0 Å². The number of nitrogens with zero attached hydrogens (tertiary/aromatic N) is 1. The molecule has 0 radical (unpaired) electrons. The lowest BCUT2D eigenvalue weighted by atomic mass is 10.1. The van der Waals surface area contributed by atoms with E-state index in [0.29, 0.717) is 60.4 Å². The third-order valence-corrected chi connectivity index (χ3v) is 4.94. The molecule has 0 saturated carbocycles. The zero-order valence-electron chi connectivity index (χ0n) is 18.0. The Kier molecular flexibility index (Phi) is 7.19. The zero-order valence-corrected chi connectivity index (χ0v) is 18.0. The number of carbonyl (C=O) groups excluding carboxylic acids is 2. The van der Waals surface area contributed by atoms with Crippen LogP contribution in [0.25, 0.3) is 0 Å². The molecule has 3 rings (SSSR count). The number of hydrogen-bond donors (Lipinski definition) is 1. The maximum Gasteiger partial charge on any atom is 0.340 e. The number of benzene rings is 2. The highest BCUT2D eigenvalue weighted by molar-refractivity contribution is 6.06. The summed E-state index contributed by atoms with van der Waals surface area (Å²) in [7, 11) is 5.77. The van der Waals surface area contributed by atoms with Gasteiger partial charge in [-0.05, 0) is 30.3 Å². The van der Waals surface area contributed by atoms with E-state index in [-0.39, 0.29) is 0 Å². The highest BCUT2D eigenvalue weighted by atomic mass is 16.5. The molecular weight excluding hydrogens is 404 g/mol. The third kappa shape index (κ3) is 4.83. The number of rotatable bonds is 7. The van der Waals surface area contributed by atoms with E-state index >= 15 is 0 Å². The van der Waals surface area contributed by atoms with Gasteiger partial charge in [-0.2, -0.15) is 0 Å². The van der Waals surface area contributed by atoms with E-state index in [9.17, 15) is 9.59 Å². The Bertz CT molecular complexity index is 930. The summed E-state index contributed by atoms with van der Waals surface area (Å²) < 4.78 is 26.2. The van der Waals surface area contributed by atoms with Gasteiger partial charge in [-0.3, -0.25) is 4.79 Å². The Morgan fingerprint density at radius 2 is 1.58 bits per heavy atom. The average Bonchev–Trinajstić information content (AvgIpc) is 2.82. The summed E-state index contributed by atoms with van der Waals surface area (Å²) in [5, 5.41) is 2.81. The molecule has 2 aromatic carbocycles. The van der Waals surface area contributed by atoms with Crippen molar-refractivity contribution in [2.75, 3.05) is 65.0 Å². The molecule has 0 unspecified atom stereocenters. The highest BCUT2D eigenvalue weighted by Crippen LogP contribution is 2.38. The Morgan fingerprint density at radius 3 is 2.13 bits per heavy atom. The molecule has 1 saturated heterocycles. The summed E-state index contributed by atoms with van der Waals surface area (Å²) >= 11 is 0. The molecule has 0 bridgehead atoms. The number of morpholine rings is 1. The summed E-state index contributed by atoms with van der Waals surface area (Å²) in [5.74, 6) is 0.249. The summed E-state index contributed by atoms with van der Waals surface area (Å²) in [4.78, 5) is 27.3. The Morgan fingerprint density at radius 1 is 0.935 bits per heavy atom. The van der Waals surface area contributed by atoms with Crippen LogP contribution in [0.15, 0.2) is 30.3 Å². The quantitative estimate of drug-likeness (QED) is 0.670. The van der Waals surface area contributed by atoms with Gasteiger partial charge in [0.25, 0.3) is 5.91 Å². The topological polar surface area (TPSA) is 95.6 Å². The van der Waals surface area contributed by atoms with Gasteiger partial charge in [0.2, 0.25) is 5.75 Å². The van der Waals surface area contributed by atoms with E-state index in [4.69, 9.17) is 23.7 Å². The maximum atomic E-state index is 12.9. The first-order chi connectivity index (χ1) is 15.0. The van der Waals surface area contributed by atoms with Gasteiger partial charge < -0.3 is 33.9 Å². The second kappa shape index (κ2) is 10.0. The fraction of sp³-hybridized carbons (Fsp3) is 0.364. The molecule has 0 aliphatic carbocycles. The first kappa shape index (κ1) is 22.2. The van der Waals surface area contributed by atoms with Crippen LogP contribution in [0.4, 0.5) is 11.4 Å². The number of anilines is 2. The molecule has 9 heteroatoms. The van der Waals surface area contributed by atoms with Crippen LogP contribution in [0.5, 0.6) is 17.2 Å². The normalized spacial score (nSPS) is 13.4. The lowest BCUT2D eigenvalue weighted by Crippen LogP contribution is -2.37. The van der Waals surface area contributed by atoms with Crippen LogP contribution < -0.4 is 24.4 Å². The minimum absolute atomic E-state index is 0.311. The molecule has 1 aliphatic rings. The van der Waals surface area contributed by atoms with Crippen molar-refractivity contribution in [3.63, 3.8) is 0 Å². The fourth-order valence-electron chi connectivity index (χ4n) is 3.38. The van der Waals surface area contributed by atoms with Crippen molar-refractivity contribution in [1.29, 1.82) is 0 Å². The molecular formula is C22H26N2O7. The lowest BCUT2D eigenvalue weighted by Gasteiger charge is -2.30. The van der Waals surface area contributed by atoms with Crippen molar-refractivity contribution >= 4 is 23.3 Å². The average molecular weight is 430 g/mol. The van der Waals surface area contributed by atoms with Gasteiger partial charge in [-0.25, -0.2) is 4.79 Å². The number of carbonyl (C=O) groups is 2. The van der Waals surface area contributed by atoms with Crippen molar-refractivity contribution in [1.82, 2.24) is 0 Å². The number of esters is 1. The number of amides is 1. The van der Waals surface area contributed by atoms with Crippen LogP contribution in [0.1, 0.15) is 20.7 Å². The van der Waals surface area contributed by atoms with Crippen LogP contribution in [0.2, 0.25) is 0 Å². The molecule has 2 aromatic rings. The minimum Gasteiger partial charge on any atom is -0.493 e. The Balaban J connectivity index is 1.90. The molecule has 1 amide bonds. The Hall–Kier alpha value is -3.46. The summed E-state index contributed by atoms with van der Waals surface area (Å²) in [6, 6.07) is 8.25. The summed E-state index contributed by atoms with van der Waals surface area (Å²) in [6.07, 6.45) is 0. The first-order valence-corrected chi connectivity index (χ1v) is 9.68. The fourth-order valence-corrected chi connectivity index (χ4v) is 3.38. The molecule has 1 fully saturated rings. The highest BCUT2D eigenvalue weighted by Gasteiger charge is 2.21. The summed E-state index contributed by atoms with van der Waals surface area (Å²) in [5.41, 5.74) is 1.87. The molecule has 1 N–H and O–H groups in total. The molecule has 1 aliphatic heterocycles. The van der Waals surface area contributed by atoms with Crippen molar-refractivity contribution in [2.24, 2.45) is 0 Å². The Labute approximate surface area is 180 Å². The van der Waals surface area contributed by atoms with E-state index in [2.05, 4.69) is 10.2 Å². The second-order valence-corrected chi connectivity index (χ2v) is 6.69. The van der Waals surface area contributed by atoms with Gasteiger partial charge in [0, 0.05) is 24.3 Å². The van der Waals surface area contributed by atoms with Gasteiger partial charge in [-0.15, -0.1) is 0 Å². The summed E-state index contributed by atoms with van der Waals surface area (Å²) in [6.45, 7) is 2.50. The first-order valence-electron chi connectivity index (χ1n) is 9.68. The molecule has 31 heavy (non-hydrogen) atoms. The van der Waals surface area contributed by atoms with E-state index < -0.39 is 11.9 Å².